The van der Waals surface area contributed by atoms with Crippen molar-refractivity contribution in [3.63, 3.8) is 0 Å². The van der Waals surface area contributed by atoms with Gasteiger partial charge in [-0.1, -0.05) is 12.1 Å². The maximum absolute atomic E-state index is 12.1. The molecule has 1 heterocycles. The highest BCUT2D eigenvalue weighted by Gasteiger charge is 2.24. The van der Waals surface area contributed by atoms with Gasteiger partial charge in [-0.2, -0.15) is 0 Å². The maximum Gasteiger partial charge on any atom is 0.337 e. The molecule has 0 aliphatic rings. The van der Waals surface area contributed by atoms with Gasteiger partial charge in [0.25, 0.3) is 10.0 Å². The number of carbonyl (C=O) groups is 2. The number of carboxylic acids is 1. The molecule has 0 aliphatic heterocycles. The molecule has 0 saturated heterocycles. The third kappa shape index (κ3) is 4.01. The second-order valence-corrected chi connectivity index (χ2v) is 6.03. The lowest BCUT2D eigenvalue weighted by atomic mass is 10.2. The molecule has 0 radical (unpaired) electrons. The highest BCUT2D eigenvalue weighted by Crippen LogP contribution is 2.15. The standard InChI is InChI=1S/C13H12N4O5S/c1-8-6-7-14-12(15-8)16-13(20)17-23(21,22)10-5-3-2-4-9(10)11(18)19/h2-7H,1H3,(H,18,19)(H2,14,15,16,17,20). The normalized spacial score (nSPS) is 10.8. The number of hydrogen-bond acceptors (Lipinski definition) is 6. The van der Waals surface area contributed by atoms with E-state index in [-0.39, 0.29) is 5.95 Å². The van der Waals surface area contributed by atoms with Crippen molar-refractivity contribution >= 4 is 28.0 Å². The Hall–Kier alpha value is -3.01. The lowest BCUT2D eigenvalue weighted by Crippen LogP contribution is -2.35. The zero-order valence-corrected chi connectivity index (χ0v) is 12.7. The van der Waals surface area contributed by atoms with Crippen molar-refractivity contribution < 1.29 is 23.1 Å². The summed E-state index contributed by atoms with van der Waals surface area (Å²) in [5, 5.41) is 11.2. The fourth-order valence-corrected chi connectivity index (χ4v) is 2.80. The van der Waals surface area contributed by atoms with Crippen molar-refractivity contribution in [2.75, 3.05) is 5.32 Å². The van der Waals surface area contributed by atoms with Crippen LogP contribution in [0.3, 0.4) is 0 Å². The molecule has 0 fully saturated rings. The van der Waals surface area contributed by atoms with Crippen molar-refractivity contribution in [2.45, 2.75) is 11.8 Å². The first-order valence-corrected chi connectivity index (χ1v) is 7.73. The molecule has 0 spiro atoms. The number of rotatable bonds is 4. The van der Waals surface area contributed by atoms with Gasteiger partial charge >= 0.3 is 12.0 Å². The van der Waals surface area contributed by atoms with E-state index in [2.05, 4.69) is 15.3 Å². The van der Waals surface area contributed by atoms with Crippen LogP contribution in [0.5, 0.6) is 0 Å². The number of amides is 2. The molecular formula is C13H12N4O5S. The lowest BCUT2D eigenvalue weighted by Gasteiger charge is -2.09. The van der Waals surface area contributed by atoms with Crippen molar-refractivity contribution in [1.82, 2.24) is 14.7 Å². The van der Waals surface area contributed by atoms with Crippen molar-refractivity contribution in [3.8, 4) is 0 Å². The van der Waals surface area contributed by atoms with Crippen LogP contribution in [0.2, 0.25) is 0 Å². The molecule has 0 aliphatic carbocycles. The number of carboxylic acid groups (broad SMARTS) is 1. The van der Waals surface area contributed by atoms with Gasteiger partial charge < -0.3 is 5.11 Å². The summed E-state index contributed by atoms with van der Waals surface area (Å²) in [6.07, 6.45) is 1.40. The number of urea groups is 1. The molecule has 2 aromatic rings. The number of sulfonamides is 1. The van der Waals surface area contributed by atoms with Gasteiger partial charge in [-0.3, -0.25) is 5.32 Å². The minimum Gasteiger partial charge on any atom is -0.478 e. The SMILES string of the molecule is Cc1ccnc(NC(=O)NS(=O)(=O)c2ccccc2C(=O)O)n1. The zero-order chi connectivity index (χ0) is 17.0. The van der Waals surface area contributed by atoms with Gasteiger partial charge in [-0.15, -0.1) is 0 Å². The van der Waals surface area contributed by atoms with Gasteiger partial charge in [-0.05, 0) is 25.1 Å². The first-order chi connectivity index (χ1) is 10.8. The summed E-state index contributed by atoms with van der Waals surface area (Å²) in [5.74, 6) is -1.50. The van der Waals surface area contributed by atoms with Gasteiger partial charge in [0.2, 0.25) is 5.95 Å². The summed E-state index contributed by atoms with van der Waals surface area (Å²) in [7, 11) is -4.36. The molecule has 120 valence electrons. The summed E-state index contributed by atoms with van der Waals surface area (Å²) >= 11 is 0. The monoisotopic (exact) mass is 336 g/mol. The quantitative estimate of drug-likeness (QED) is 0.756. The minimum absolute atomic E-state index is 0.0794. The van der Waals surface area contributed by atoms with E-state index in [1.54, 1.807) is 17.7 Å². The molecule has 2 amide bonds. The van der Waals surface area contributed by atoms with E-state index in [0.717, 1.165) is 12.1 Å². The number of hydrogen-bond donors (Lipinski definition) is 3. The molecule has 3 N–H and O–H groups in total. The Balaban J connectivity index is 2.22. The maximum atomic E-state index is 12.1. The Morgan fingerprint density at radius 1 is 1.17 bits per heavy atom. The van der Waals surface area contributed by atoms with E-state index in [1.807, 2.05) is 0 Å². The molecule has 9 nitrogen and oxygen atoms in total. The highest BCUT2D eigenvalue weighted by molar-refractivity contribution is 7.90. The second-order valence-electron chi connectivity index (χ2n) is 4.38. The number of nitrogens with zero attached hydrogens (tertiary/aromatic N) is 2. The number of benzene rings is 1. The fraction of sp³-hybridized carbons (Fsp3) is 0.0769. The molecule has 0 bridgehead atoms. The average molecular weight is 336 g/mol. The molecule has 0 atom stereocenters. The van der Waals surface area contributed by atoms with Crippen LogP contribution in [0.15, 0.2) is 41.4 Å². The summed E-state index contributed by atoms with van der Waals surface area (Å²) in [6.45, 7) is 1.67. The molecule has 1 aromatic carbocycles. The summed E-state index contributed by atoms with van der Waals surface area (Å²) in [5.41, 5.74) is 0.133. The van der Waals surface area contributed by atoms with E-state index >= 15 is 0 Å². The summed E-state index contributed by atoms with van der Waals surface area (Å²) in [4.78, 5) is 30.0. The van der Waals surface area contributed by atoms with E-state index in [0.29, 0.717) is 5.69 Å². The Morgan fingerprint density at radius 3 is 2.52 bits per heavy atom. The number of anilines is 1. The Labute approximate surface area is 131 Å². The van der Waals surface area contributed by atoms with Crippen LogP contribution in [-0.4, -0.2) is 35.5 Å². The Kier molecular flexibility index (Phi) is 4.55. The van der Waals surface area contributed by atoms with Gasteiger partial charge in [0.1, 0.15) is 4.90 Å². The highest BCUT2D eigenvalue weighted by atomic mass is 32.2. The van der Waals surface area contributed by atoms with E-state index < -0.39 is 32.5 Å². The Morgan fingerprint density at radius 2 is 1.87 bits per heavy atom. The van der Waals surface area contributed by atoms with Crippen LogP contribution in [0.25, 0.3) is 0 Å². The van der Waals surface area contributed by atoms with Gasteiger partial charge in [0, 0.05) is 11.9 Å². The lowest BCUT2D eigenvalue weighted by molar-refractivity contribution is 0.0692. The summed E-state index contributed by atoms with van der Waals surface area (Å²) in [6, 6.07) is 5.44. The first-order valence-electron chi connectivity index (χ1n) is 6.25. The number of nitrogens with one attached hydrogen (secondary N) is 2. The molecular weight excluding hydrogens is 324 g/mol. The van der Waals surface area contributed by atoms with Crippen LogP contribution in [0.1, 0.15) is 16.1 Å². The number of carbonyl (C=O) groups excluding carboxylic acids is 1. The second kappa shape index (κ2) is 6.40. The summed E-state index contributed by atoms with van der Waals surface area (Å²) < 4.78 is 26.0. The molecule has 10 heteroatoms. The van der Waals surface area contributed by atoms with Crippen molar-refractivity contribution in [1.29, 1.82) is 0 Å². The molecule has 2 rings (SSSR count). The molecule has 23 heavy (non-hydrogen) atoms. The molecule has 1 aromatic heterocycles. The van der Waals surface area contributed by atoms with Crippen LogP contribution in [0, 0.1) is 6.92 Å². The van der Waals surface area contributed by atoms with Crippen LogP contribution >= 0.6 is 0 Å². The van der Waals surface area contributed by atoms with Gasteiger partial charge in [0.15, 0.2) is 0 Å². The van der Waals surface area contributed by atoms with Crippen molar-refractivity contribution in [3.05, 3.63) is 47.8 Å². The van der Waals surface area contributed by atoms with Crippen LogP contribution < -0.4 is 10.0 Å². The number of aromatic nitrogens is 2. The zero-order valence-electron chi connectivity index (χ0n) is 11.8. The molecule has 0 unspecified atom stereocenters. The van der Waals surface area contributed by atoms with E-state index in [1.165, 1.54) is 18.3 Å². The van der Waals surface area contributed by atoms with Crippen LogP contribution in [0.4, 0.5) is 10.7 Å². The third-order valence-electron chi connectivity index (χ3n) is 2.65. The minimum atomic E-state index is -4.36. The molecule has 0 saturated carbocycles. The predicted molar refractivity (Wildman–Crippen MR) is 79.5 cm³/mol. The van der Waals surface area contributed by atoms with Gasteiger partial charge in [0.05, 0.1) is 5.56 Å². The average Bonchev–Trinajstić information content (AvgIpc) is 2.46. The number of aromatic carboxylic acids is 1. The van der Waals surface area contributed by atoms with E-state index in [4.69, 9.17) is 5.11 Å². The first kappa shape index (κ1) is 16.4. The van der Waals surface area contributed by atoms with Crippen LogP contribution in [-0.2, 0) is 10.0 Å². The van der Waals surface area contributed by atoms with Gasteiger partial charge in [-0.25, -0.2) is 32.7 Å². The predicted octanol–water partition coefficient (Wildman–Crippen LogP) is 0.994. The smallest absolute Gasteiger partial charge is 0.337 e. The third-order valence-corrected chi connectivity index (χ3v) is 4.04. The van der Waals surface area contributed by atoms with Crippen molar-refractivity contribution in [2.24, 2.45) is 0 Å². The number of aryl methyl sites for hydroxylation is 1. The largest absolute Gasteiger partial charge is 0.478 e. The fourth-order valence-electron chi connectivity index (χ4n) is 1.69. The van der Waals surface area contributed by atoms with E-state index in [9.17, 15) is 18.0 Å². The Bertz CT molecular complexity index is 866. The topological polar surface area (TPSA) is 138 Å².